The molecule has 0 N–H and O–H groups in total. The van der Waals surface area contributed by atoms with Gasteiger partial charge in [-0.1, -0.05) is 0 Å². The Bertz CT molecular complexity index is 401. The topological polar surface area (TPSA) is 43.4 Å². The van der Waals surface area contributed by atoms with Crippen LogP contribution >= 0.6 is 11.6 Å². The van der Waals surface area contributed by atoms with Gasteiger partial charge in [-0.2, -0.15) is 0 Å². The zero-order valence-corrected chi connectivity index (χ0v) is 9.51. The zero-order chi connectivity index (χ0) is 11.6. The Hall–Kier alpha value is -1.35. The van der Waals surface area contributed by atoms with E-state index >= 15 is 0 Å². The maximum Gasteiger partial charge on any atom is 0.338 e. The number of esters is 1. The molecule has 0 radical (unpaired) electrons. The van der Waals surface area contributed by atoms with Crippen LogP contribution in [0.15, 0.2) is 12.1 Å². The van der Waals surface area contributed by atoms with Gasteiger partial charge in [-0.3, -0.25) is 4.79 Å². The number of halogens is 1. The SMILES string of the molecule is COC(=O)c1c(C)cc(C(=O)Cl)cc1C. The summed E-state index contributed by atoms with van der Waals surface area (Å²) in [5.41, 5.74) is 2.25. The van der Waals surface area contributed by atoms with E-state index in [4.69, 9.17) is 11.6 Å². The van der Waals surface area contributed by atoms with Gasteiger partial charge in [-0.25, -0.2) is 4.79 Å². The molecule has 0 heterocycles. The van der Waals surface area contributed by atoms with Gasteiger partial charge in [0.25, 0.3) is 5.24 Å². The summed E-state index contributed by atoms with van der Waals surface area (Å²) in [5, 5.41) is -0.530. The normalized spacial score (nSPS) is 9.87. The molecule has 0 atom stereocenters. The third-order valence-electron chi connectivity index (χ3n) is 2.15. The van der Waals surface area contributed by atoms with Gasteiger partial charge in [0.05, 0.1) is 12.7 Å². The molecule has 1 rings (SSSR count). The molecule has 0 aliphatic heterocycles. The first-order valence-corrected chi connectivity index (χ1v) is 4.74. The summed E-state index contributed by atoms with van der Waals surface area (Å²) in [6.07, 6.45) is 0. The van der Waals surface area contributed by atoms with Gasteiger partial charge in [0, 0.05) is 5.56 Å². The van der Waals surface area contributed by atoms with E-state index < -0.39 is 11.2 Å². The van der Waals surface area contributed by atoms with Gasteiger partial charge in [0.15, 0.2) is 0 Å². The molecule has 80 valence electrons. The van der Waals surface area contributed by atoms with Crippen LogP contribution in [0.4, 0.5) is 0 Å². The molecule has 0 unspecified atom stereocenters. The van der Waals surface area contributed by atoms with Gasteiger partial charge in [0.1, 0.15) is 0 Å². The van der Waals surface area contributed by atoms with Crippen LogP contribution in [0.1, 0.15) is 31.8 Å². The predicted octanol–water partition coefficient (Wildman–Crippen LogP) is 2.47. The molecule has 0 bridgehead atoms. The Morgan fingerprint density at radius 3 is 2.00 bits per heavy atom. The maximum atomic E-state index is 11.4. The highest BCUT2D eigenvalue weighted by Crippen LogP contribution is 2.18. The highest BCUT2D eigenvalue weighted by molar-refractivity contribution is 6.67. The van der Waals surface area contributed by atoms with E-state index in [-0.39, 0.29) is 0 Å². The van der Waals surface area contributed by atoms with E-state index in [0.717, 1.165) is 0 Å². The summed E-state index contributed by atoms with van der Waals surface area (Å²) in [6.45, 7) is 3.48. The molecule has 0 amide bonds. The van der Waals surface area contributed by atoms with E-state index in [1.807, 2.05) is 0 Å². The summed E-state index contributed by atoms with van der Waals surface area (Å²) in [5.74, 6) is -0.404. The fourth-order valence-electron chi connectivity index (χ4n) is 1.50. The number of benzene rings is 1. The zero-order valence-electron chi connectivity index (χ0n) is 8.76. The predicted molar refractivity (Wildman–Crippen MR) is 57.4 cm³/mol. The Kier molecular flexibility index (Phi) is 3.48. The van der Waals surface area contributed by atoms with Crippen LogP contribution in [-0.4, -0.2) is 18.3 Å². The average molecular weight is 227 g/mol. The third-order valence-corrected chi connectivity index (χ3v) is 2.37. The summed E-state index contributed by atoms with van der Waals surface area (Å²) >= 11 is 5.36. The van der Waals surface area contributed by atoms with Crippen molar-refractivity contribution in [1.29, 1.82) is 0 Å². The quantitative estimate of drug-likeness (QED) is 0.575. The minimum absolute atomic E-state index is 0.388. The monoisotopic (exact) mass is 226 g/mol. The van der Waals surface area contributed by atoms with Crippen molar-refractivity contribution in [1.82, 2.24) is 0 Å². The Labute approximate surface area is 93.0 Å². The number of methoxy groups -OCH3 is 1. The van der Waals surface area contributed by atoms with Crippen molar-refractivity contribution in [2.24, 2.45) is 0 Å². The van der Waals surface area contributed by atoms with Crippen LogP contribution in [-0.2, 0) is 4.74 Å². The number of aryl methyl sites for hydroxylation is 2. The molecule has 4 heteroatoms. The number of carbonyl (C=O) groups excluding carboxylic acids is 2. The van der Waals surface area contributed by atoms with Crippen LogP contribution in [0.5, 0.6) is 0 Å². The third kappa shape index (κ3) is 2.36. The van der Waals surface area contributed by atoms with Gasteiger partial charge in [-0.15, -0.1) is 0 Å². The molecule has 1 aromatic rings. The number of hydrogen-bond acceptors (Lipinski definition) is 3. The van der Waals surface area contributed by atoms with Crippen LogP contribution in [0, 0.1) is 13.8 Å². The molecule has 0 aliphatic carbocycles. The van der Waals surface area contributed by atoms with Crippen LogP contribution in [0.25, 0.3) is 0 Å². The first-order valence-electron chi connectivity index (χ1n) is 4.36. The highest BCUT2D eigenvalue weighted by atomic mass is 35.5. The van der Waals surface area contributed by atoms with Gasteiger partial charge < -0.3 is 4.74 Å². The van der Waals surface area contributed by atoms with Crippen molar-refractivity contribution in [2.45, 2.75) is 13.8 Å². The number of rotatable bonds is 2. The van der Waals surface area contributed by atoms with E-state index in [1.54, 1.807) is 26.0 Å². The fourth-order valence-corrected chi connectivity index (χ4v) is 1.61. The van der Waals surface area contributed by atoms with Gasteiger partial charge in [-0.05, 0) is 48.7 Å². The number of ether oxygens (including phenoxy) is 1. The summed E-state index contributed by atoms with van der Waals surface area (Å²) in [7, 11) is 1.32. The summed E-state index contributed by atoms with van der Waals surface area (Å²) < 4.78 is 4.64. The lowest BCUT2D eigenvalue weighted by Crippen LogP contribution is -2.07. The minimum Gasteiger partial charge on any atom is -0.465 e. The van der Waals surface area contributed by atoms with E-state index in [9.17, 15) is 9.59 Å². The van der Waals surface area contributed by atoms with Crippen molar-refractivity contribution in [3.63, 3.8) is 0 Å². The highest BCUT2D eigenvalue weighted by Gasteiger charge is 2.15. The molecule has 0 spiro atoms. The van der Waals surface area contributed by atoms with Crippen molar-refractivity contribution in [3.8, 4) is 0 Å². The Balaban J connectivity index is 3.33. The van der Waals surface area contributed by atoms with E-state index in [2.05, 4.69) is 4.74 Å². The maximum absolute atomic E-state index is 11.4. The molecular formula is C11H11ClO3. The second-order valence-corrected chi connectivity index (χ2v) is 3.59. The lowest BCUT2D eigenvalue weighted by Gasteiger charge is -2.08. The largest absolute Gasteiger partial charge is 0.465 e. The van der Waals surface area contributed by atoms with Crippen LogP contribution in [0.2, 0.25) is 0 Å². The Morgan fingerprint density at radius 2 is 1.67 bits per heavy atom. The van der Waals surface area contributed by atoms with Gasteiger partial charge in [0.2, 0.25) is 0 Å². The van der Waals surface area contributed by atoms with Crippen LogP contribution in [0.3, 0.4) is 0 Å². The fraction of sp³-hybridized carbons (Fsp3) is 0.273. The lowest BCUT2D eigenvalue weighted by molar-refractivity contribution is 0.0599. The standard InChI is InChI=1S/C11H11ClO3/c1-6-4-8(10(12)13)5-7(2)9(6)11(14)15-3/h4-5H,1-3H3. The summed E-state index contributed by atoms with van der Waals surface area (Å²) in [4.78, 5) is 22.3. The van der Waals surface area contributed by atoms with Crippen molar-refractivity contribution in [3.05, 3.63) is 34.4 Å². The van der Waals surface area contributed by atoms with Crippen LogP contribution < -0.4 is 0 Å². The van der Waals surface area contributed by atoms with Gasteiger partial charge >= 0.3 is 5.97 Å². The molecule has 1 aromatic carbocycles. The second kappa shape index (κ2) is 4.45. The average Bonchev–Trinajstić information content (AvgIpc) is 2.16. The molecule has 0 saturated heterocycles. The number of carbonyl (C=O) groups is 2. The first kappa shape index (κ1) is 11.7. The van der Waals surface area contributed by atoms with Crippen molar-refractivity contribution in [2.75, 3.05) is 7.11 Å². The molecular weight excluding hydrogens is 216 g/mol. The lowest BCUT2D eigenvalue weighted by atomic mass is 10.00. The van der Waals surface area contributed by atoms with E-state index in [0.29, 0.717) is 22.3 Å². The smallest absolute Gasteiger partial charge is 0.338 e. The van der Waals surface area contributed by atoms with Crippen molar-refractivity contribution < 1.29 is 14.3 Å². The van der Waals surface area contributed by atoms with Crippen molar-refractivity contribution >= 4 is 22.8 Å². The molecule has 0 aromatic heterocycles. The first-order chi connectivity index (χ1) is 6.97. The molecule has 0 saturated carbocycles. The van der Waals surface area contributed by atoms with E-state index in [1.165, 1.54) is 7.11 Å². The minimum atomic E-state index is -0.530. The summed E-state index contributed by atoms with van der Waals surface area (Å²) in [6, 6.07) is 3.16. The Morgan fingerprint density at radius 1 is 1.20 bits per heavy atom. The molecule has 3 nitrogen and oxygen atoms in total. The second-order valence-electron chi connectivity index (χ2n) is 3.25. The number of hydrogen-bond donors (Lipinski definition) is 0. The molecule has 15 heavy (non-hydrogen) atoms. The molecule has 0 aliphatic rings. The molecule has 0 fully saturated rings.